The second kappa shape index (κ2) is 6.27. The Hall–Kier alpha value is -2.24. The average molecular weight is 277 g/mol. The third kappa shape index (κ3) is 3.20. The zero-order chi connectivity index (χ0) is 14.5. The minimum absolute atomic E-state index is 0.0985. The van der Waals surface area contributed by atoms with Gasteiger partial charge in [0.15, 0.2) is 0 Å². The van der Waals surface area contributed by atoms with Crippen LogP contribution < -0.4 is 11.1 Å². The molecule has 6 nitrogen and oxygen atoms in total. The summed E-state index contributed by atoms with van der Waals surface area (Å²) in [4.78, 5) is 24.8. The maximum atomic E-state index is 11.9. The summed E-state index contributed by atoms with van der Waals surface area (Å²) in [5, 5.41) is 12.1. The molecule has 2 rings (SSSR count). The Morgan fingerprint density at radius 1 is 1.30 bits per heavy atom. The van der Waals surface area contributed by atoms with E-state index < -0.39 is 5.97 Å². The molecule has 20 heavy (non-hydrogen) atoms. The number of carboxylic acid groups (broad SMARTS) is 1. The molecule has 0 aromatic heterocycles. The van der Waals surface area contributed by atoms with Crippen LogP contribution in [0.1, 0.15) is 29.6 Å². The van der Waals surface area contributed by atoms with Crippen molar-refractivity contribution in [2.24, 2.45) is 0 Å². The first kappa shape index (κ1) is 14.2. The highest BCUT2D eigenvalue weighted by Crippen LogP contribution is 2.23. The molecule has 0 saturated carbocycles. The second-order valence-electron chi connectivity index (χ2n) is 4.84. The molecule has 0 atom stereocenters. The standard InChI is InChI=1S/C14H19N3O3/c15-11-5-3-4-10(14(19)20)13(11)16-7-6-12(18)17-8-1-2-9-17/h3-5,16H,1-2,6-9,15H2,(H,19,20). The van der Waals surface area contributed by atoms with Crippen molar-refractivity contribution in [3.63, 3.8) is 0 Å². The van der Waals surface area contributed by atoms with E-state index in [1.54, 1.807) is 12.1 Å². The number of carbonyl (C=O) groups excluding carboxylic acids is 1. The van der Waals surface area contributed by atoms with E-state index >= 15 is 0 Å². The molecule has 0 radical (unpaired) electrons. The normalized spacial score (nSPS) is 14.3. The Labute approximate surface area is 117 Å². The maximum absolute atomic E-state index is 11.9. The first-order valence-corrected chi connectivity index (χ1v) is 6.73. The number of nitrogens with zero attached hydrogens (tertiary/aromatic N) is 1. The van der Waals surface area contributed by atoms with Gasteiger partial charge in [0.1, 0.15) is 0 Å². The largest absolute Gasteiger partial charge is 0.478 e. The number of carbonyl (C=O) groups is 2. The Balaban J connectivity index is 1.93. The van der Waals surface area contributed by atoms with Crippen LogP contribution in [0.25, 0.3) is 0 Å². The molecular weight excluding hydrogens is 258 g/mol. The molecule has 1 saturated heterocycles. The number of rotatable bonds is 5. The van der Waals surface area contributed by atoms with E-state index in [1.165, 1.54) is 6.07 Å². The molecule has 1 heterocycles. The third-order valence-electron chi connectivity index (χ3n) is 3.43. The highest BCUT2D eigenvalue weighted by molar-refractivity contribution is 5.97. The number of likely N-dealkylation sites (tertiary alicyclic amines) is 1. The van der Waals surface area contributed by atoms with Crippen LogP contribution in [-0.4, -0.2) is 41.5 Å². The number of aromatic carboxylic acids is 1. The lowest BCUT2D eigenvalue weighted by Crippen LogP contribution is -2.29. The van der Waals surface area contributed by atoms with Gasteiger partial charge in [0.25, 0.3) is 0 Å². The number of hydrogen-bond acceptors (Lipinski definition) is 4. The Kier molecular flexibility index (Phi) is 4.45. The second-order valence-corrected chi connectivity index (χ2v) is 4.84. The van der Waals surface area contributed by atoms with Crippen molar-refractivity contribution >= 4 is 23.3 Å². The molecule has 0 unspecified atom stereocenters. The summed E-state index contributed by atoms with van der Waals surface area (Å²) in [6.45, 7) is 2.03. The highest BCUT2D eigenvalue weighted by atomic mass is 16.4. The van der Waals surface area contributed by atoms with E-state index in [-0.39, 0.29) is 11.5 Å². The van der Waals surface area contributed by atoms with Gasteiger partial charge in [-0.1, -0.05) is 6.07 Å². The molecule has 0 aliphatic carbocycles. The number of hydrogen-bond donors (Lipinski definition) is 3. The number of amides is 1. The average Bonchev–Trinajstić information content (AvgIpc) is 2.94. The summed E-state index contributed by atoms with van der Waals surface area (Å²) in [7, 11) is 0. The summed E-state index contributed by atoms with van der Waals surface area (Å²) < 4.78 is 0. The van der Waals surface area contributed by atoms with Crippen molar-refractivity contribution in [1.29, 1.82) is 0 Å². The van der Waals surface area contributed by atoms with Gasteiger partial charge in [-0.2, -0.15) is 0 Å². The third-order valence-corrected chi connectivity index (χ3v) is 3.43. The van der Waals surface area contributed by atoms with E-state index in [1.807, 2.05) is 4.90 Å². The zero-order valence-corrected chi connectivity index (χ0v) is 11.3. The lowest BCUT2D eigenvalue weighted by molar-refractivity contribution is -0.129. The smallest absolute Gasteiger partial charge is 0.337 e. The van der Waals surface area contributed by atoms with Crippen molar-refractivity contribution in [3.05, 3.63) is 23.8 Å². The fourth-order valence-corrected chi connectivity index (χ4v) is 2.36. The predicted octanol–water partition coefficient (Wildman–Crippen LogP) is 1.39. The van der Waals surface area contributed by atoms with Crippen LogP contribution >= 0.6 is 0 Å². The van der Waals surface area contributed by atoms with Gasteiger partial charge in [-0.25, -0.2) is 4.79 Å². The zero-order valence-electron chi connectivity index (χ0n) is 11.3. The lowest BCUT2D eigenvalue weighted by atomic mass is 10.1. The van der Waals surface area contributed by atoms with E-state index in [2.05, 4.69) is 5.32 Å². The van der Waals surface area contributed by atoms with E-state index in [0.29, 0.717) is 24.3 Å². The number of carboxylic acids is 1. The predicted molar refractivity (Wildman–Crippen MR) is 76.7 cm³/mol. The van der Waals surface area contributed by atoms with Gasteiger partial charge in [0.2, 0.25) is 5.91 Å². The topological polar surface area (TPSA) is 95.7 Å². The monoisotopic (exact) mass is 277 g/mol. The van der Waals surface area contributed by atoms with Crippen LogP contribution in [0.2, 0.25) is 0 Å². The summed E-state index contributed by atoms with van der Waals surface area (Å²) in [5.74, 6) is -0.938. The van der Waals surface area contributed by atoms with Crippen molar-refractivity contribution in [1.82, 2.24) is 4.90 Å². The van der Waals surface area contributed by atoms with Crippen molar-refractivity contribution in [2.75, 3.05) is 30.7 Å². The first-order valence-electron chi connectivity index (χ1n) is 6.73. The summed E-state index contributed by atoms with van der Waals surface area (Å²) >= 11 is 0. The van der Waals surface area contributed by atoms with Crippen LogP contribution in [0.4, 0.5) is 11.4 Å². The first-order chi connectivity index (χ1) is 9.59. The van der Waals surface area contributed by atoms with Gasteiger partial charge in [-0.3, -0.25) is 4.79 Å². The fourth-order valence-electron chi connectivity index (χ4n) is 2.36. The molecule has 0 spiro atoms. The molecule has 1 fully saturated rings. The molecule has 1 aliphatic heterocycles. The molecule has 1 aliphatic rings. The van der Waals surface area contributed by atoms with Gasteiger partial charge in [0, 0.05) is 26.1 Å². The van der Waals surface area contributed by atoms with E-state index in [9.17, 15) is 9.59 Å². The van der Waals surface area contributed by atoms with Crippen LogP contribution in [-0.2, 0) is 4.79 Å². The van der Waals surface area contributed by atoms with Crippen LogP contribution in [0.15, 0.2) is 18.2 Å². The SMILES string of the molecule is Nc1cccc(C(=O)O)c1NCCC(=O)N1CCCC1. The highest BCUT2D eigenvalue weighted by Gasteiger charge is 2.18. The van der Waals surface area contributed by atoms with Crippen LogP contribution in [0.3, 0.4) is 0 Å². The Morgan fingerprint density at radius 2 is 2.00 bits per heavy atom. The van der Waals surface area contributed by atoms with E-state index in [4.69, 9.17) is 10.8 Å². The van der Waals surface area contributed by atoms with Gasteiger partial charge in [0.05, 0.1) is 16.9 Å². The Morgan fingerprint density at radius 3 is 2.65 bits per heavy atom. The van der Waals surface area contributed by atoms with Crippen molar-refractivity contribution in [2.45, 2.75) is 19.3 Å². The molecular formula is C14H19N3O3. The van der Waals surface area contributed by atoms with E-state index in [0.717, 1.165) is 25.9 Å². The van der Waals surface area contributed by atoms with Gasteiger partial charge in [-0.05, 0) is 25.0 Å². The Bertz CT molecular complexity index is 510. The number of nitrogens with one attached hydrogen (secondary N) is 1. The van der Waals surface area contributed by atoms with Crippen molar-refractivity contribution in [3.8, 4) is 0 Å². The fraction of sp³-hybridized carbons (Fsp3) is 0.429. The molecule has 1 aromatic carbocycles. The van der Waals surface area contributed by atoms with Gasteiger partial charge < -0.3 is 21.1 Å². The molecule has 1 amide bonds. The maximum Gasteiger partial charge on any atom is 0.337 e. The molecule has 108 valence electrons. The number of para-hydroxylation sites is 1. The van der Waals surface area contributed by atoms with Gasteiger partial charge in [-0.15, -0.1) is 0 Å². The summed E-state index contributed by atoms with van der Waals surface area (Å²) in [5.41, 5.74) is 6.66. The van der Waals surface area contributed by atoms with Crippen LogP contribution in [0, 0.1) is 0 Å². The molecule has 1 aromatic rings. The quantitative estimate of drug-likeness (QED) is 0.707. The molecule has 6 heteroatoms. The number of nitrogens with two attached hydrogens (primary N) is 1. The number of anilines is 2. The number of nitrogen functional groups attached to an aromatic ring is 1. The molecule has 0 bridgehead atoms. The van der Waals surface area contributed by atoms with Gasteiger partial charge >= 0.3 is 5.97 Å². The van der Waals surface area contributed by atoms with Crippen LogP contribution in [0.5, 0.6) is 0 Å². The molecule has 4 N–H and O–H groups in total. The minimum Gasteiger partial charge on any atom is -0.478 e. The number of benzene rings is 1. The summed E-state index contributed by atoms with van der Waals surface area (Å²) in [6, 6.07) is 4.72. The minimum atomic E-state index is -1.04. The summed E-state index contributed by atoms with van der Waals surface area (Å²) in [6.07, 6.45) is 2.47. The van der Waals surface area contributed by atoms with Crippen molar-refractivity contribution < 1.29 is 14.7 Å². The lowest BCUT2D eigenvalue weighted by Gasteiger charge is -2.16.